The molecule has 11 N–H and O–H groups in total. The minimum atomic E-state index is -1.66. The number of aliphatic carboxylic acids is 1. The third-order valence-corrected chi connectivity index (χ3v) is 3.10. The summed E-state index contributed by atoms with van der Waals surface area (Å²) in [4.78, 5) is 67.7. The van der Waals surface area contributed by atoms with Crippen LogP contribution < -0.4 is 33.6 Å². The van der Waals surface area contributed by atoms with Crippen molar-refractivity contribution in [2.24, 2.45) is 22.9 Å². The van der Waals surface area contributed by atoms with Crippen molar-refractivity contribution in [3.05, 3.63) is 0 Å². The Balaban J connectivity index is 5.05. The molecule has 0 saturated carbocycles. The number of carboxylic acid groups (broad SMARTS) is 1. The van der Waals surface area contributed by atoms with Crippen molar-refractivity contribution in [2.45, 2.75) is 43.8 Å². The van der Waals surface area contributed by atoms with Gasteiger partial charge in [-0.15, -0.1) is 0 Å². The van der Waals surface area contributed by atoms with Gasteiger partial charge in [0.25, 0.3) is 0 Å². The maximum Gasteiger partial charge on any atom is 0.326 e. The highest BCUT2D eigenvalue weighted by atomic mass is 16.4. The smallest absolute Gasteiger partial charge is 0.326 e. The minimum absolute atomic E-state index is 0.106. The van der Waals surface area contributed by atoms with E-state index in [0.717, 1.165) is 0 Å². The van der Waals surface area contributed by atoms with Gasteiger partial charge in [0.15, 0.2) is 0 Å². The van der Waals surface area contributed by atoms with Gasteiger partial charge in [-0.25, -0.2) is 4.79 Å². The van der Waals surface area contributed by atoms with Gasteiger partial charge in [0.2, 0.25) is 29.5 Å². The second-order valence-corrected chi connectivity index (χ2v) is 5.41. The Bertz CT molecular complexity index is 594. The molecule has 0 aromatic rings. The van der Waals surface area contributed by atoms with Crippen molar-refractivity contribution in [3.8, 4) is 0 Å². The minimum Gasteiger partial charge on any atom is -0.480 e. The third-order valence-electron chi connectivity index (χ3n) is 3.10. The number of hydrogen-bond donors (Lipinski definition) is 7. The molecule has 13 nitrogen and oxygen atoms in total. The first-order valence-electron chi connectivity index (χ1n) is 7.38. The van der Waals surface area contributed by atoms with Crippen molar-refractivity contribution >= 4 is 35.5 Å². The largest absolute Gasteiger partial charge is 0.480 e. The molecule has 0 saturated heterocycles. The van der Waals surface area contributed by atoms with Crippen LogP contribution in [-0.4, -0.2) is 58.7 Å². The van der Waals surface area contributed by atoms with Crippen LogP contribution in [-0.2, 0) is 28.8 Å². The zero-order chi connectivity index (χ0) is 20.4. The SMILES string of the molecule is NC(=O)CC[C@H](N)C(=O)N[C@@H](CC(N)=O)C(=O)N[C@@H](CC(N)=O)C(=O)O. The van der Waals surface area contributed by atoms with E-state index < -0.39 is 66.5 Å². The normalized spacial score (nSPS) is 13.7. The molecule has 3 atom stereocenters. The fourth-order valence-corrected chi connectivity index (χ4v) is 1.79. The lowest BCUT2D eigenvalue weighted by Gasteiger charge is -2.21. The second kappa shape index (κ2) is 10.6. The maximum atomic E-state index is 12.1. The van der Waals surface area contributed by atoms with Crippen LogP contribution in [0.1, 0.15) is 25.7 Å². The zero-order valence-electron chi connectivity index (χ0n) is 13.8. The first-order chi connectivity index (χ1) is 11.9. The molecule has 0 unspecified atom stereocenters. The van der Waals surface area contributed by atoms with Crippen LogP contribution in [0, 0.1) is 0 Å². The molecule has 0 aromatic carbocycles. The first-order valence-corrected chi connectivity index (χ1v) is 7.38. The van der Waals surface area contributed by atoms with Gasteiger partial charge in [-0.2, -0.15) is 0 Å². The fraction of sp³-hybridized carbons (Fsp3) is 0.538. The van der Waals surface area contributed by atoms with Gasteiger partial charge in [0, 0.05) is 6.42 Å². The molecule has 0 spiro atoms. The van der Waals surface area contributed by atoms with Gasteiger partial charge in [-0.05, 0) is 6.42 Å². The van der Waals surface area contributed by atoms with Crippen LogP contribution in [0.3, 0.4) is 0 Å². The van der Waals surface area contributed by atoms with Crippen LogP contribution in [0.5, 0.6) is 0 Å². The van der Waals surface area contributed by atoms with Crippen LogP contribution in [0.25, 0.3) is 0 Å². The summed E-state index contributed by atoms with van der Waals surface area (Å²) in [6.07, 6.45) is -1.63. The van der Waals surface area contributed by atoms with Gasteiger partial charge < -0.3 is 38.7 Å². The van der Waals surface area contributed by atoms with Crippen LogP contribution >= 0.6 is 0 Å². The zero-order valence-corrected chi connectivity index (χ0v) is 13.8. The molecule has 5 amide bonds. The van der Waals surface area contributed by atoms with Gasteiger partial charge in [-0.1, -0.05) is 0 Å². The predicted octanol–water partition coefficient (Wildman–Crippen LogP) is -4.62. The summed E-state index contributed by atoms with van der Waals surface area (Å²) in [5, 5.41) is 13.1. The van der Waals surface area contributed by atoms with Crippen LogP contribution in [0.15, 0.2) is 0 Å². The topological polar surface area (TPSA) is 251 Å². The number of nitrogens with one attached hydrogen (secondary N) is 2. The quantitative estimate of drug-likeness (QED) is 0.174. The highest BCUT2D eigenvalue weighted by molar-refractivity contribution is 5.95. The Hall–Kier alpha value is -3.22. The third kappa shape index (κ3) is 9.17. The Morgan fingerprint density at radius 1 is 0.769 bits per heavy atom. The van der Waals surface area contributed by atoms with E-state index >= 15 is 0 Å². The van der Waals surface area contributed by atoms with Gasteiger partial charge in [-0.3, -0.25) is 24.0 Å². The lowest BCUT2D eigenvalue weighted by Crippen LogP contribution is -2.55. The standard InChI is InChI=1S/C13H22N6O7/c14-5(1-2-8(15)20)11(23)18-6(3-9(16)21)12(24)19-7(13(25)26)4-10(17)22/h5-7H,1-4,14H2,(H2,15,20)(H2,16,21)(H2,17,22)(H,18,23)(H,19,24)(H,25,26)/t5-,6-,7-/m0/s1. The van der Waals surface area contributed by atoms with Gasteiger partial charge in [0.1, 0.15) is 12.1 Å². The van der Waals surface area contributed by atoms with E-state index in [1.807, 2.05) is 5.32 Å². The molecule has 0 aromatic heterocycles. The van der Waals surface area contributed by atoms with Crippen LogP contribution in [0.4, 0.5) is 0 Å². The average Bonchev–Trinajstić information content (AvgIpc) is 2.49. The molecule has 0 aliphatic rings. The van der Waals surface area contributed by atoms with E-state index in [-0.39, 0.29) is 12.8 Å². The lowest BCUT2D eigenvalue weighted by atomic mass is 10.1. The predicted molar refractivity (Wildman–Crippen MR) is 85.5 cm³/mol. The number of carbonyl (C=O) groups is 6. The number of hydrogen-bond acceptors (Lipinski definition) is 7. The summed E-state index contributed by atoms with van der Waals surface area (Å²) < 4.78 is 0. The van der Waals surface area contributed by atoms with Crippen molar-refractivity contribution in [3.63, 3.8) is 0 Å². The second-order valence-electron chi connectivity index (χ2n) is 5.41. The number of rotatable bonds is 12. The first kappa shape index (κ1) is 22.8. The van der Waals surface area contributed by atoms with E-state index in [2.05, 4.69) is 5.32 Å². The highest BCUT2D eigenvalue weighted by Crippen LogP contribution is 2.00. The van der Waals surface area contributed by atoms with Gasteiger partial charge >= 0.3 is 5.97 Å². The number of carboxylic acids is 1. The van der Waals surface area contributed by atoms with E-state index in [0.29, 0.717) is 0 Å². The van der Waals surface area contributed by atoms with Crippen molar-refractivity contribution in [2.75, 3.05) is 0 Å². The summed E-state index contributed by atoms with van der Waals surface area (Å²) in [6, 6.07) is -4.39. The van der Waals surface area contributed by atoms with Crippen molar-refractivity contribution in [1.29, 1.82) is 0 Å². The molecule has 0 fully saturated rings. The molecule has 26 heavy (non-hydrogen) atoms. The molecule has 0 bridgehead atoms. The Kier molecular flexibility index (Phi) is 9.29. The maximum absolute atomic E-state index is 12.1. The Morgan fingerprint density at radius 2 is 1.23 bits per heavy atom. The number of amides is 5. The number of carbonyl (C=O) groups excluding carboxylic acids is 5. The summed E-state index contributed by atoms with van der Waals surface area (Å²) in [7, 11) is 0. The number of primary amides is 3. The molecule has 0 radical (unpaired) electrons. The van der Waals surface area contributed by atoms with E-state index in [1.54, 1.807) is 0 Å². The summed E-state index contributed by atoms with van der Waals surface area (Å²) in [6.45, 7) is 0. The fourth-order valence-electron chi connectivity index (χ4n) is 1.79. The lowest BCUT2D eigenvalue weighted by molar-refractivity contribution is -0.143. The van der Waals surface area contributed by atoms with E-state index in [9.17, 15) is 28.8 Å². The van der Waals surface area contributed by atoms with E-state index in [4.69, 9.17) is 28.0 Å². The average molecular weight is 374 g/mol. The van der Waals surface area contributed by atoms with Crippen LogP contribution in [0.2, 0.25) is 0 Å². The number of nitrogens with two attached hydrogens (primary N) is 4. The van der Waals surface area contributed by atoms with Crippen molar-refractivity contribution < 1.29 is 33.9 Å². The molecule has 0 rings (SSSR count). The van der Waals surface area contributed by atoms with Crippen molar-refractivity contribution in [1.82, 2.24) is 10.6 Å². The molecular formula is C13H22N6O7. The monoisotopic (exact) mass is 374 g/mol. The highest BCUT2D eigenvalue weighted by Gasteiger charge is 2.29. The molecule has 0 heterocycles. The van der Waals surface area contributed by atoms with Gasteiger partial charge in [0.05, 0.1) is 18.9 Å². The Labute approximate surface area is 147 Å². The molecule has 0 aliphatic carbocycles. The Morgan fingerprint density at radius 3 is 1.65 bits per heavy atom. The van der Waals surface area contributed by atoms with E-state index in [1.165, 1.54) is 0 Å². The molecule has 13 heteroatoms. The molecule has 0 aliphatic heterocycles. The molecule has 146 valence electrons. The summed E-state index contributed by atoms with van der Waals surface area (Å²) >= 11 is 0. The summed E-state index contributed by atoms with van der Waals surface area (Å²) in [5.74, 6) is -6.13. The molecular weight excluding hydrogens is 352 g/mol. The summed E-state index contributed by atoms with van der Waals surface area (Å²) in [5.41, 5.74) is 20.4.